The molecule has 3 rings (SSSR count). The molecule has 0 bridgehead atoms. The third-order valence-corrected chi connectivity index (χ3v) is 6.65. The number of nitrogens with one attached hydrogen (secondary N) is 1. The van der Waals surface area contributed by atoms with Gasteiger partial charge in [0.1, 0.15) is 18.6 Å². The number of aromatic nitrogens is 1. The summed E-state index contributed by atoms with van der Waals surface area (Å²) in [7, 11) is 1.34. The number of cyclic esters (lactones) is 2. The van der Waals surface area contributed by atoms with E-state index in [-0.39, 0.29) is 23.6 Å². The van der Waals surface area contributed by atoms with Crippen molar-refractivity contribution in [2.75, 3.05) is 20.5 Å². The van der Waals surface area contributed by atoms with Crippen LogP contribution in [0.3, 0.4) is 0 Å². The monoisotopic (exact) mass is 614 g/mol. The second-order valence-corrected chi connectivity index (χ2v) is 10.7. The van der Waals surface area contributed by atoms with Crippen LogP contribution in [-0.2, 0) is 44.5 Å². The number of esters is 4. The molecule has 0 spiro atoms. The van der Waals surface area contributed by atoms with Crippen molar-refractivity contribution in [1.82, 2.24) is 10.3 Å². The van der Waals surface area contributed by atoms with Crippen LogP contribution in [-0.4, -0.2) is 73.5 Å². The lowest BCUT2D eigenvalue weighted by molar-refractivity contribution is -0.176. The molecule has 0 radical (unpaired) electrons. The summed E-state index contributed by atoms with van der Waals surface area (Å²) in [4.78, 5) is 68.5. The van der Waals surface area contributed by atoms with Crippen molar-refractivity contribution in [3.05, 3.63) is 53.9 Å². The summed E-state index contributed by atoms with van der Waals surface area (Å²) >= 11 is 0. The maximum Gasteiger partial charge on any atom is 0.332 e. The van der Waals surface area contributed by atoms with Crippen LogP contribution in [0.4, 0.5) is 0 Å². The van der Waals surface area contributed by atoms with E-state index in [0.29, 0.717) is 0 Å². The molecule has 4 atom stereocenters. The maximum atomic E-state index is 13.4. The first-order valence-corrected chi connectivity index (χ1v) is 14.2. The van der Waals surface area contributed by atoms with Crippen molar-refractivity contribution in [2.24, 2.45) is 17.8 Å². The van der Waals surface area contributed by atoms with Gasteiger partial charge in [-0.15, -0.1) is 0 Å². The smallest absolute Gasteiger partial charge is 0.332 e. The first-order valence-electron chi connectivity index (χ1n) is 14.2. The number of rotatable bonds is 11. The van der Waals surface area contributed by atoms with Gasteiger partial charge in [-0.1, -0.05) is 58.0 Å². The summed E-state index contributed by atoms with van der Waals surface area (Å²) in [5, 5.41) is 2.46. The summed E-state index contributed by atoms with van der Waals surface area (Å²) in [6, 6.07) is 9.03. The number of methoxy groups -OCH3 is 1. The minimum absolute atomic E-state index is 0.112. The van der Waals surface area contributed by atoms with Crippen LogP contribution >= 0.6 is 0 Å². The molecule has 238 valence electrons. The minimum atomic E-state index is -1.45. The zero-order chi connectivity index (χ0) is 32.4. The second kappa shape index (κ2) is 15.7. The molecule has 1 saturated heterocycles. The molecule has 13 heteroatoms. The van der Waals surface area contributed by atoms with Crippen molar-refractivity contribution in [2.45, 2.75) is 59.3 Å². The van der Waals surface area contributed by atoms with Gasteiger partial charge >= 0.3 is 23.9 Å². The largest absolute Gasteiger partial charge is 0.493 e. The summed E-state index contributed by atoms with van der Waals surface area (Å²) in [5.41, 5.74) is 0.487. The predicted octanol–water partition coefficient (Wildman–Crippen LogP) is 2.64. The maximum absolute atomic E-state index is 13.4. The third kappa shape index (κ3) is 8.91. The lowest BCUT2D eigenvalue weighted by Gasteiger charge is -2.29. The zero-order valence-electron chi connectivity index (χ0n) is 25.6. The average molecular weight is 615 g/mol. The Bertz CT molecular complexity index is 1330. The SMILES string of the molecule is COc1ccnc(C(=O)N[C@H]2COC(=O)[C@H](Cc3ccccc3)[C@H](OC(=O)C(C)C)[C@H](C)OC2=O)c1OCOC(=O)C(C)C. The predicted molar refractivity (Wildman–Crippen MR) is 153 cm³/mol. The molecule has 13 nitrogen and oxygen atoms in total. The lowest BCUT2D eigenvalue weighted by atomic mass is 9.91. The lowest BCUT2D eigenvalue weighted by Crippen LogP contribution is -2.47. The zero-order valence-corrected chi connectivity index (χ0v) is 25.6. The number of ether oxygens (including phenoxy) is 6. The molecule has 2 aromatic rings. The Hall–Kier alpha value is -4.68. The second-order valence-electron chi connectivity index (χ2n) is 10.7. The number of pyridine rings is 1. The van der Waals surface area contributed by atoms with Gasteiger partial charge in [0.2, 0.25) is 6.79 Å². The fourth-order valence-electron chi connectivity index (χ4n) is 4.18. The Morgan fingerprint density at radius 1 is 1.00 bits per heavy atom. The minimum Gasteiger partial charge on any atom is -0.493 e. The quantitative estimate of drug-likeness (QED) is 0.224. The van der Waals surface area contributed by atoms with E-state index < -0.39 is 79.2 Å². The van der Waals surface area contributed by atoms with Crippen LogP contribution < -0.4 is 14.8 Å². The summed E-state index contributed by atoms with van der Waals surface area (Å²) in [5.74, 6) is -5.61. The molecule has 1 N–H and O–H groups in total. The van der Waals surface area contributed by atoms with Crippen molar-refractivity contribution >= 4 is 29.8 Å². The normalized spacial score (nSPS) is 20.4. The average Bonchev–Trinajstić information content (AvgIpc) is 3.03. The topological polar surface area (TPSA) is 166 Å². The van der Waals surface area contributed by atoms with E-state index in [1.807, 2.05) is 18.2 Å². The highest BCUT2D eigenvalue weighted by Gasteiger charge is 2.42. The van der Waals surface area contributed by atoms with Crippen molar-refractivity contribution in [1.29, 1.82) is 0 Å². The highest BCUT2D eigenvalue weighted by molar-refractivity contribution is 5.98. The number of carbonyl (C=O) groups excluding carboxylic acids is 5. The fraction of sp³-hybridized carbons (Fsp3) is 0.484. The van der Waals surface area contributed by atoms with E-state index in [4.69, 9.17) is 28.4 Å². The molecule has 1 aromatic carbocycles. The van der Waals surface area contributed by atoms with E-state index in [1.165, 1.54) is 26.3 Å². The number of hydrogen-bond acceptors (Lipinski definition) is 12. The third-order valence-electron chi connectivity index (χ3n) is 6.65. The fourth-order valence-corrected chi connectivity index (χ4v) is 4.18. The molecule has 1 fully saturated rings. The first-order chi connectivity index (χ1) is 20.9. The highest BCUT2D eigenvalue weighted by atomic mass is 16.7. The number of benzene rings is 1. The van der Waals surface area contributed by atoms with Gasteiger partial charge in [-0.05, 0) is 18.9 Å². The molecule has 44 heavy (non-hydrogen) atoms. The molecule has 1 amide bonds. The van der Waals surface area contributed by atoms with E-state index in [9.17, 15) is 24.0 Å². The molecule has 0 saturated carbocycles. The molecule has 0 unspecified atom stereocenters. The van der Waals surface area contributed by atoms with Gasteiger partial charge in [-0.2, -0.15) is 0 Å². The van der Waals surface area contributed by atoms with E-state index >= 15 is 0 Å². The molecular weight excluding hydrogens is 576 g/mol. The molecule has 1 aromatic heterocycles. The van der Waals surface area contributed by atoms with E-state index in [2.05, 4.69) is 10.3 Å². The Labute approximate surface area is 255 Å². The Morgan fingerprint density at radius 2 is 1.68 bits per heavy atom. The highest BCUT2D eigenvalue weighted by Crippen LogP contribution is 2.30. The Morgan fingerprint density at radius 3 is 2.32 bits per heavy atom. The summed E-state index contributed by atoms with van der Waals surface area (Å²) in [6.45, 7) is 6.98. The number of amides is 1. The van der Waals surface area contributed by atoms with Crippen molar-refractivity contribution in [3.8, 4) is 11.5 Å². The molecule has 2 heterocycles. The molecule has 1 aliphatic heterocycles. The Kier molecular flexibility index (Phi) is 12.1. The van der Waals surface area contributed by atoms with Gasteiger partial charge in [0, 0.05) is 12.3 Å². The van der Waals surface area contributed by atoms with Crippen LogP contribution in [0, 0.1) is 17.8 Å². The van der Waals surface area contributed by atoms with Crippen LogP contribution in [0.15, 0.2) is 42.6 Å². The van der Waals surface area contributed by atoms with E-state index in [1.54, 1.807) is 39.8 Å². The molecule has 1 aliphatic rings. The molecule has 0 aliphatic carbocycles. The number of carbonyl (C=O) groups is 5. The number of nitrogens with zero attached hydrogens (tertiary/aromatic N) is 1. The summed E-state index contributed by atoms with van der Waals surface area (Å²) < 4.78 is 32.6. The van der Waals surface area contributed by atoms with E-state index in [0.717, 1.165) is 5.56 Å². The summed E-state index contributed by atoms with van der Waals surface area (Å²) in [6.07, 6.45) is -0.811. The van der Waals surface area contributed by atoms with Crippen LogP contribution in [0.25, 0.3) is 0 Å². The van der Waals surface area contributed by atoms with Gasteiger partial charge in [0.05, 0.1) is 18.9 Å². The first kappa shape index (κ1) is 33.8. The molecular formula is C31H38N2O11. The van der Waals surface area contributed by atoms with Crippen molar-refractivity contribution in [3.63, 3.8) is 0 Å². The van der Waals surface area contributed by atoms with Gasteiger partial charge in [-0.25, -0.2) is 9.78 Å². The Balaban J connectivity index is 1.85. The van der Waals surface area contributed by atoms with Crippen LogP contribution in [0.5, 0.6) is 11.5 Å². The van der Waals surface area contributed by atoms with Crippen LogP contribution in [0.2, 0.25) is 0 Å². The standard InChI is InChI=1S/C31H38N2O11/c1-17(2)28(35)42-16-41-26-23(39-6)12-13-32-24(26)27(34)33-22-15-40-30(37)21(14-20-10-8-7-9-11-20)25(19(5)43-31(22)38)44-29(36)18(3)4/h7-13,17-19,21-22,25H,14-16H2,1-6H3,(H,33,34)/t19-,21+,22-,25+/m0/s1. The van der Waals surface area contributed by atoms with Gasteiger partial charge in [-0.3, -0.25) is 19.2 Å². The number of hydrogen-bond donors (Lipinski definition) is 1. The van der Waals surface area contributed by atoms with Crippen molar-refractivity contribution < 1.29 is 52.4 Å². The van der Waals surface area contributed by atoms with Gasteiger partial charge < -0.3 is 33.7 Å². The van der Waals surface area contributed by atoms with Gasteiger partial charge in [0.25, 0.3) is 5.91 Å². The van der Waals surface area contributed by atoms with Gasteiger partial charge in [0.15, 0.2) is 29.3 Å². The van der Waals surface area contributed by atoms with Crippen LogP contribution in [0.1, 0.15) is 50.7 Å².